The number of carbonyl (C=O) groups is 1. The predicted octanol–water partition coefficient (Wildman–Crippen LogP) is 3.48. The van der Waals surface area contributed by atoms with E-state index in [9.17, 15) is 13.6 Å². The number of rotatable bonds is 6. The van der Waals surface area contributed by atoms with Crippen molar-refractivity contribution in [1.29, 1.82) is 0 Å². The number of benzene rings is 2. The summed E-state index contributed by atoms with van der Waals surface area (Å²) in [4.78, 5) is 11.2. The van der Waals surface area contributed by atoms with Crippen molar-refractivity contribution in [3.8, 4) is 0 Å². The number of hydrogen-bond acceptors (Lipinski definition) is 4. The molecule has 28 heavy (non-hydrogen) atoms. The molecule has 1 amide bonds. The first-order valence-electron chi connectivity index (χ1n) is 9.45. The SMILES string of the molecule is CC(=O)NNc1ccc(S(N)(=O)(O)c2cccc(NC3CCCCC3)c2)cc1. The number of nitrogens with one attached hydrogen (secondary N) is 3. The van der Waals surface area contributed by atoms with Gasteiger partial charge in [0.25, 0.3) is 0 Å². The van der Waals surface area contributed by atoms with Gasteiger partial charge in [-0.25, -0.2) is 5.14 Å². The molecule has 1 saturated carbocycles. The summed E-state index contributed by atoms with van der Waals surface area (Å²) in [5.41, 5.74) is 6.53. The summed E-state index contributed by atoms with van der Waals surface area (Å²) in [7, 11) is -4.72. The Morgan fingerprint density at radius 2 is 1.71 bits per heavy atom. The fourth-order valence-electron chi connectivity index (χ4n) is 3.41. The number of anilines is 2. The van der Waals surface area contributed by atoms with E-state index in [0.717, 1.165) is 18.5 Å². The van der Waals surface area contributed by atoms with E-state index in [2.05, 4.69) is 16.2 Å². The third-order valence-corrected chi connectivity index (χ3v) is 7.31. The molecular formula is C20H28N4O3S. The zero-order valence-electron chi connectivity index (χ0n) is 16.0. The maximum Gasteiger partial charge on any atom is 0.235 e. The van der Waals surface area contributed by atoms with E-state index in [1.165, 1.54) is 38.3 Å². The van der Waals surface area contributed by atoms with Crippen LogP contribution in [0.1, 0.15) is 39.0 Å². The zero-order chi connectivity index (χ0) is 20.2. The molecule has 2 aromatic rings. The normalized spacial score (nSPS) is 16.6. The molecule has 0 unspecified atom stereocenters. The third kappa shape index (κ3) is 4.70. The lowest BCUT2D eigenvalue weighted by Gasteiger charge is -2.39. The summed E-state index contributed by atoms with van der Waals surface area (Å²) in [6.07, 6.45) is 5.88. The summed E-state index contributed by atoms with van der Waals surface area (Å²) >= 11 is 0. The number of nitrogens with two attached hydrogens (primary N) is 1. The van der Waals surface area contributed by atoms with Crippen LogP contribution in [0.25, 0.3) is 0 Å². The minimum atomic E-state index is -4.72. The van der Waals surface area contributed by atoms with Crippen molar-refractivity contribution in [3.63, 3.8) is 0 Å². The van der Waals surface area contributed by atoms with Gasteiger partial charge in [-0.15, -0.1) is 0 Å². The Balaban J connectivity index is 1.82. The minimum absolute atomic E-state index is 0.111. The first-order valence-corrected chi connectivity index (χ1v) is 11.4. The summed E-state index contributed by atoms with van der Waals surface area (Å²) in [5, 5.41) is 9.53. The molecule has 8 heteroatoms. The number of amides is 1. The lowest BCUT2D eigenvalue weighted by Crippen LogP contribution is -2.42. The maximum atomic E-state index is 13.4. The van der Waals surface area contributed by atoms with E-state index in [-0.39, 0.29) is 15.7 Å². The van der Waals surface area contributed by atoms with E-state index < -0.39 is 9.53 Å². The predicted molar refractivity (Wildman–Crippen MR) is 112 cm³/mol. The van der Waals surface area contributed by atoms with Crippen molar-refractivity contribution >= 4 is 26.8 Å². The van der Waals surface area contributed by atoms with Gasteiger partial charge < -0.3 is 5.32 Å². The van der Waals surface area contributed by atoms with Crippen LogP contribution in [0.2, 0.25) is 0 Å². The second kappa shape index (κ2) is 7.90. The molecule has 0 aromatic heterocycles. The average Bonchev–Trinajstić information content (AvgIpc) is 2.67. The topological polar surface area (TPSA) is 116 Å². The van der Waals surface area contributed by atoms with Gasteiger partial charge in [0, 0.05) is 18.7 Å². The largest absolute Gasteiger partial charge is 0.382 e. The minimum Gasteiger partial charge on any atom is -0.382 e. The van der Waals surface area contributed by atoms with Crippen LogP contribution in [-0.4, -0.2) is 20.7 Å². The molecule has 1 aliphatic rings. The van der Waals surface area contributed by atoms with Gasteiger partial charge >= 0.3 is 0 Å². The first-order chi connectivity index (χ1) is 13.2. The number of hydrogen-bond donors (Lipinski definition) is 5. The van der Waals surface area contributed by atoms with Gasteiger partial charge in [-0.05, 0) is 55.3 Å². The van der Waals surface area contributed by atoms with E-state index in [1.54, 1.807) is 30.3 Å². The smallest absolute Gasteiger partial charge is 0.235 e. The molecule has 0 aliphatic heterocycles. The summed E-state index contributed by atoms with van der Waals surface area (Å²) in [6, 6.07) is 13.4. The molecule has 0 saturated heterocycles. The number of carbonyl (C=O) groups excluding carboxylic acids is 1. The first kappa shape index (κ1) is 20.3. The Labute approximate surface area is 165 Å². The Kier molecular flexibility index (Phi) is 5.74. The third-order valence-electron chi connectivity index (χ3n) is 4.96. The van der Waals surface area contributed by atoms with Gasteiger partial charge in [0.15, 0.2) is 0 Å². The van der Waals surface area contributed by atoms with Crippen molar-refractivity contribution in [3.05, 3.63) is 48.5 Å². The Morgan fingerprint density at radius 3 is 2.36 bits per heavy atom. The standard InChI is InChI=1S/C20H28N4O3S/c1-15(25)23-24-17-10-12-19(13-11-17)28(21,26,27)20-9-5-8-18(14-20)22-16-6-3-2-4-7-16/h5,8-14,16,22,24H,2-4,6-7H2,1H3,(H,23,25)(H3,21,26,27). The molecule has 0 atom stereocenters. The van der Waals surface area contributed by atoms with E-state index in [0.29, 0.717) is 11.7 Å². The van der Waals surface area contributed by atoms with Crippen molar-refractivity contribution in [1.82, 2.24) is 5.43 Å². The van der Waals surface area contributed by atoms with Gasteiger partial charge in [0.05, 0.1) is 15.5 Å². The van der Waals surface area contributed by atoms with Crippen LogP contribution in [0.3, 0.4) is 0 Å². The van der Waals surface area contributed by atoms with Crippen LogP contribution in [0.15, 0.2) is 58.3 Å². The monoisotopic (exact) mass is 404 g/mol. The van der Waals surface area contributed by atoms with Crippen LogP contribution in [-0.2, 0) is 14.3 Å². The van der Waals surface area contributed by atoms with Gasteiger partial charge in [0.1, 0.15) is 0 Å². The highest BCUT2D eigenvalue weighted by Gasteiger charge is 2.28. The van der Waals surface area contributed by atoms with Crippen LogP contribution in [0, 0.1) is 0 Å². The molecule has 2 aromatic carbocycles. The number of hydrazine groups is 1. The molecule has 0 heterocycles. The molecule has 0 bridgehead atoms. The molecule has 6 N–H and O–H groups in total. The molecule has 0 radical (unpaired) electrons. The highest BCUT2D eigenvalue weighted by Crippen LogP contribution is 2.36. The van der Waals surface area contributed by atoms with Crippen molar-refractivity contribution in [2.45, 2.75) is 54.9 Å². The van der Waals surface area contributed by atoms with Crippen LogP contribution >= 0.6 is 0 Å². The second-order valence-corrected chi connectivity index (χ2v) is 10.2. The molecule has 0 spiro atoms. The summed E-state index contributed by atoms with van der Waals surface area (Å²) in [6.45, 7) is 1.38. The van der Waals surface area contributed by atoms with E-state index >= 15 is 0 Å². The molecule has 152 valence electrons. The Bertz CT molecular complexity index is 902. The van der Waals surface area contributed by atoms with Gasteiger partial charge in [-0.3, -0.25) is 20.2 Å². The highest BCUT2D eigenvalue weighted by atomic mass is 32.3. The van der Waals surface area contributed by atoms with Gasteiger partial charge in [0.2, 0.25) is 5.91 Å². The quantitative estimate of drug-likeness (QED) is 0.473. The molecule has 1 fully saturated rings. The molecular weight excluding hydrogens is 376 g/mol. The Hall–Kier alpha value is -2.42. The molecule has 1 aliphatic carbocycles. The highest BCUT2D eigenvalue weighted by molar-refractivity contribution is 8.13. The van der Waals surface area contributed by atoms with Crippen molar-refractivity contribution in [2.75, 3.05) is 10.7 Å². The van der Waals surface area contributed by atoms with Crippen LogP contribution < -0.4 is 21.3 Å². The van der Waals surface area contributed by atoms with Crippen molar-refractivity contribution in [2.24, 2.45) is 5.14 Å². The second-order valence-electron chi connectivity index (χ2n) is 7.30. The maximum absolute atomic E-state index is 13.4. The van der Waals surface area contributed by atoms with Crippen molar-refractivity contribution < 1.29 is 13.6 Å². The fraction of sp³-hybridized carbons (Fsp3) is 0.350. The Morgan fingerprint density at radius 1 is 1.04 bits per heavy atom. The zero-order valence-corrected chi connectivity index (χ0v) is 16.8. The lowest BCUT2D eigenvalue weighted by atomic mass is 9.95. The van der Waals surface area contributed by atoms with Crippen LogP contribution in [0.5, 0.6) is 0 Å². The summed E-state index contributed by atoms with van der Waals surface area (Å²) < 4.78 is 24.4. The van der Waals surface area contributed by atoms with E-state index in [1.807, 2.05) is 6.07 Å². The van der Waals surface area contributed by atoms with E-state index in [4.69, 9.17) is 5.14 Å². The molecule has 3 rings (SSSR count). The van der Waals surface area contributed by atoms with Gasteiger partial charge in [-0.1, -0.05) is 34.9 Å². The average molecular weight is 405 g/mol. The summed E-state index contributed by atoms with van der Waals surface area (Å²) in [5.74, 6) is -0.241. The fourth-order valence-corrected chi connectivity index (χ4v) is 5.04. The van der Waals surface area contributed by atoms with Crippen LogP contribution in [0.4, 0.5) is 11.4 Å². The van der Waals surface area contributed by atoms with Gasteiger partial charge in [-0.2, -0.15) is 4.21 Å². The molecule has 7 nitrogen and oxygen atoms in total. The lowest BCUT2D eigenvalue weighted by molar-refractivity contribution is -0.118.